The molecule has 0 saturated heterocycles. The molecule has 2 aromatic rings. The van der Waals surface area contributed by atoms with E-state index >= 15 is 0 Å². The Morgan fingerprint density at radius 1 is 1.43 bits per heavy atom. The number of phenolic OH excluding ortho intramolecular Hbond substituents is 1. The Kier molecular flexibility index (Phi) is 5.13. The first kappa shape index (κ1) is 16.3. The molecule has 1 aromatic carbocycles. The fraction of sp³-hybridized carbons (Fsp3) is 0.286. The van der Waals surface area contributed by atoms with Crippen LogP contribution in [0.1, 0.15) is 29.9 Å². The van der Waals surface area contributed by atoms with E-state index in [0.717, 1.165) is 18.8 Å². The molecule has 0 radical (unpaired) electrons. The first-order valence-electron chi connectivity index (χ1n) is 7.06. The number of anilines is 2. The zero-order valence-electron chi connectivity index (χ0n) is 12.9. The minimum Gasteiger partial charge on any atom is -0.507 e. The number of aromatic hydroxyl groups is 1. The standard InChI is InChI=1S/C14H18N6O3/c1-3-20(4-2)10-6-5-9(11(21)7-10)8-16-17-14(22)12-13(15)19-23-18-12/h5-8,21H,3-4H2,1-2H3,(H2,15,19)(H,17,22)/b16-8-. The number of nitrogen functional groups attached to an aromatic ring is 1. The van der Waals surface area contributed by atoms with E-state index in [4.69, 9.17) is 5.73 Å². The summed E-state index contributed by atoms with van der Waals surface area (Å²) in [7, 11) is 0. The van der Waals surface area contributed by atoms with Gasteiger partial charge in [-0.2, -0.15) is 5.10 Å². The lowest BCUT2D eigenvalue weighted by Gasteiger charge is -2.21. The molecule has 9 heteroatoms. The van der Waals surface area contributed by atoms with E-state index in [1.165, 1.54) is 6.21 Å². The quantitative estimate of drug-likeness (QED) is 0.534. The topological polar surface area (TPSA) is 130 Å². The minimum absolute atomic E-state index is 0.0648. The molecular formula is C14H18N6O3. The van der Waals surface area contributed by atoms with Gasteiger partial charge in [-0.1, -0.05) is 0 Å². The van der Waals surface area contributed by atoms with Crippen LogP contribution in [0.4, 0.5) is 11.5 Å². The third kappa shape index (κ3) is 3.76. The molecular weight excluding hydrogens is 300 g/mol. The third-order valence-corrected chi connectivity index (χ3v) is 3.24. The summed E-state index contributed by atoms with van der Waals surface area (Å²) in [5.74, 6) is -0.710. The van der Waals surface area contributed by atoms with Gasteiger partial charge < -0.3 is 15.7 Å². The maximum atomic E-state index is 11.7. The predicted octanol–water partition coefficient (Wildman–Crippen LogP) is 0.967. The minimum atomic E-state index is -0.653. The average Bonchev–Trinajstić information content (AvgIpc) is 2.96. The van der Waals surface area contributed by atoms with Crippen molar-refractivity contribution in [2.75, 3.05) is 23.7 Å². The van der Waals surface area contributed by atoms with Crippen LogP contribution in [-0.2, 0) is 0 Å². The van der Waals surface area contributed by atoms with Crippen molar-refractivity contribution in [3.8, 4) is 5.75 Å². The number of hydrogen-bond donors (Lipinski definition) is 3. The van der Waals surface area contributed by atoms with Crippen LogP contribution in [0.5, 0.6) is 5.75 Å². The first-order chi connectivity index (χ1) is 11.1. The number of rotatable bonds is 6. The lowest BCUT2D eigenvalue weighted by Crippen LogP contribution is -2.21. The van der Waals surface area contributed by atoms with E-state index in [1.54, 1.807) is 12.1 Å². The average molecular weight is 318 g/mol. The molecule has 0 spiro atoms. The van der Waals surface area contributed by atoms with Crippen molar-refractivity contribution in [3.63, 3.8) is 0 Å². The van der Waals surface area contributed by atoms with Crippen LogP contribution in [0.15, 0.2) is 27.9 Å². The van der Waals surface area contributed by atoms with E-state index in [0.29, 0.717) is 5.56 Å². The van der Waals surface area contributed by atoms with Gasteiger partial charge >= 0.3 is 0 Å². The van der Waals surface area contributed by atoms with Crippen molar-refractivity contribution in [3.05, 3.63) is 29.5 Å². The van der Waals surface area contributed by atoms with Gasteiger partial charge in [0.2, 0.25) is 11.5 Å². The number of amides is 1. The number of carbonyl (C=O) groups is 1. The molecule has 0 unspecified atom stereocenters. The molecule has 23 heavy (non-hydrogen) atoms. The summed E-state index contributed by atoms with van der Waals surface area (Å²) in [5.41, 5.74) is 8.85. The Balaban J connectivity index is 2.05. The molecule has 0 bridgehead atoms. The Labute approximate surface area is 132 Å². The zero-order chi connectivity index (χ0) is 16.8. The molecule has 0 aliphatic carbocycles. The third-order valence-electron chi connectivity index (χ3n) is 3.24. The second-order valence-corrected chi connectivity index (χ2v) is 4.61. The molecule has 0 fully saturated rings. The normalized spacial score (nSPS) is 10.9. The molecule has 0 aliphatic heterocycles. The predicted molar refractivity (Wildman–Crippen MR) is 85.4 cm³/mol. The van der Waals surface area contributed by atoms with Crippen molar-refractivity contribution in [2.45, 2.75) is 13.8 Å². The van der Waals surface area contributed by atoms with Crippen LogP contribution >= 0.6 is 0 Å². The van der Waals surface area contributed by atoms with Crippen LogP contribution in [0, 0.1) is 0 Å². The van der Waals surface area contributed by atoms with E-state index in [2.05, 4.69) is 30.4 Å². The number of hydrogen-bond acceptors (Lipinski definition) is 8. The highest BCUT2D eigenvalue weighted by Gasteiger charge is 2.15. The van der Waals surface area contributed by atoms with E-state index in [-0.39, 0.29) is 17.3 Å². The monoisotopic (exact) mass is 318 g/mol. The molecule has 1 heterocycles. The van der Waals surface area contributed by atoms with E-state index in [1.807, 2.05) is 19.9 Å². The molecule has 9 nitrogen and oxygen atoms in total. The van der Waals surface area contributed by atoms with Crippen molar-refractivity contribution in [2.24, 2.45) is 5.10 Å². The lowest BCUT2D eigenvalue weighted by atomic mass is 10.2. The summed E-state index contributed by atoms with van der Waals surface area (Å²) < 4.78 is 4.32. The second-order valence-electron chi connectivity index (χ2n) is 4.61. The van der Waals surface area contributed by atoms with Gasteiger partial charge in [-0.05, 0) is 36.3 Å². The van der Waals surface area contributed by atoms with Crippen molar-refractivity contribution >= 4 is 23.6 Å². The van der Waals surface area contributed by atoms with Gasteiger partial charge in [-0.3, -0.25) is 4.79 Å². The number of nitrogens with two attached hydrogens (primary N) is 1. The summed E-state index contributed by atoms with van der Waals surface area (Å²) in [6, 6.07) is 5.23. The van der Waals surface area contributed by atoms with Crippen LogP contribution in [0.2, 0.25) is 0 Å². The highest BCUT2D eigenvalue weighted by atomic mass is 16.6. The number of carbonyl (C=O) groups excluding carboxylic acids is 1. The number of benzene rings is 1. The number of hydrazone groups is 1. The second kappa shape index (κ2) is 7.25. The summed E-state index contributed by atoms with van der Waals surface area (Å²) >= 11 is 0. The fourth-order valence-corrected chi connectivity index (χ4v) is 1.99. The SMILES string of the molecule is CCN(CC)c1ccc(/C=N\NC(=O)c2nonc2N)c(O)c1. The highest BCUT2D eigenvalue weighted by Crippen LogP contribution is 2.23. The largest absolute Gasteiger partial charge is 0.507 e. The van der Waals surface area contributed by atoms with Crippen molar-refractivity contribution < 1.29 is 14.5 Å². The molecule has 0 saturated carbocycles. The van der Waals surface area contributed by atoms with Gasteiger partial charge in [0.15, 0.2) is 0 Å². The van der Waals surface area contributed by atoms with Gasteiger partial charge in [-0.15, -0.1) is 0 Å². The number of nitrogens with one attached hydrogen (secondary N) is 1. The summed E-state index contributed by atoms with van der Waals surface area (Å²) in [5, 5.41) is 20.4. The smallest absolute Gasteiger partial charge is 0.297 e. The van der Waals surface area contributed by atoms with Crippen LogP contribution < -0.4 is 16.1 Å². The van der Waals surface area contributed by atoms with E-state index < -0.39 is 5.91 Å². The summed E-state index contributed by atoms with van der Waals surface area (Å²) in [4.78, 5) is 13.8. The first-order valence-corrected chi connectivity index (χ1v) is 7.06. The summed E-state index contributed by atoms with van der Waals surface area (Å²) in [6.45, 7) is 5.75. The Bertz CT molecular complexity index is 708. The molecule has 1 aromatic heterocycles. The molecule has 122 valence electrons. The highest BCUT2D eigenvalue weighted by molar-refractivity contribution is 5.96. The number of aromatic nitrogens is 2. The fourth-order valence-electron chi connectivity index (χ4n) is 1.99. The van der Waals surface area contributed by atoms with Gasteiger partial charge in [0.05, 0.1) is 6.21 Å². The van der Waals surface area contributed by atoms with E-state index in [9.17, 15) is 9.90 Å². The molecule has 0 atom stereocenters. The van der Waals surface area contributed by atoms with Gasteiger partial charge in [-0.25, -0.2) is 10.1 Å². The van der Waals surface area contributed by atoms with Gasteiger partial charge in [0.25, 0.3) is 5.91 Å². The Hall–Kier alpha value is -3.10. The van der Waals surface area contributed by atoms with Crippen molar-refractivity contribution in [1.29, 1.82) is 0 Å². The maximum absolute atomic E-state index is 11.7. The van der Waals surface area contributed by atoms with Crippen LogP contribution in [-0.4, -0.2) is 40.6 Å². The van der Waals surface area contributed by atoms with Gasteiger partial charge in [0, 0.05) is 30.4 Å². The number of nitrogens with zero attached hydrogens (tertiary/aromatic N) is 4. The lowest BCUT2D eigenvalue weighted by molar-refractivity contribution is 0.0946. The zero-order valence-corrected chi connectivity index (χ0v) is 12.9. The molecule has 1 amide bonds. The van der Waals surface area contributed by atoms with Crippen molar-refractivity contribution in [1.82, 2.24) is 15.7 Å². The molecule has 0 aliphatic rings. The molecule has 2 rings (SSSR count). The summed E-state index contributed by atoms with van der Waals surface area (Å²) in [6.07, 6.45) is 1.32. The van der Waals surface area contributed by atoms with Gasteiger partial charge in [0.1, 0.15) is 5.75 Å². The maximum Gasteiger partial charge on any atom is 0.297 e. The number of phenols is 1. The van der Waals surface area contributed by atoms with Crippen LogP contribution in [0.25, 0.3) is 0 Å². The molecule has 4 N–H and O–H groups in total. The Morgan fingerprint density at radius 2 is 2.17 bits per heavy atom. The Morgan fingerprint density at radius 3 is 2.74 bits per heavy atom. The van der Waals surface area contributed by atoms with Crippen LogP contribution in [0.3, 0.4) is 0 Å².